The number of halogens is 4. The number of alkyl halides is 1. The first kappa shape index (κ1) is 12.6. The van der Waals surface area contributed by atoms with E-state index in [1.54, 1.807) is 0 Å². The van der Waals surface area contributed by atoms with Gasteiger partial charge in [-0.05, 0) is 23.9 Å². The Hall–Kier alpha value is -0.810. The summed E-state index contributed by atoms with van der Waals surface area (Å²) in [5, 5.41) is 1.85. The lowest BCUT2D eigenvalue weighted by Gasteiger charge is -2.12. The molecule has 1 aromatic carbocycles. The Morgan fingerprint density at radius 2 is 1.76 bits per heavy atom. The van der Waals surface area contributed by atoms with E-state index in [0.717, 1.165) is 10.4 Å². The van der Waals surface area contributed by atoms with Gasteiger partial charge in [-0.3, -0.25) is 0 Å². The van der Waals surface area contributed by atoms with Gasteiger partial charge in [-0.1, -0.05) is 15.9 Å². The zero-order valence-electron chi connectivity index (χ0n) is 8.81. The minimum absolute atomic E-state index is 0.156. The lowest BCUT2D eigenvalue weighted by molar-refractivity contribution is 0.527. The molecule has 2 aromatic rings. The maximum atomic E-state index is 13.6. The predicted octanol–water partition coefficient (Wildman–Crippen LogP) is 4.96. The molecule has 0 fully saturated rings. The van der Waals surface area contributed by atoms with Crippen molar-refractivity contribution in [3.63, 3.8) is 0 Å². The van der Waals surface area contributed by atoms with Gasteiger partial charge in [0, 0.05) is 22.6 Å². The fourth-order valence-corrected chi connectivity index (χ4v) is 3.60. The zero-order chi connectivity index (χ0) is 12.6. The van der Waals surface area contributed by atoms with Crippen molar-refractivity contribution in [2.45, 2.75) is 11.8 Å². The van der Waals surface area contributed by atoms with Crippen molar-refractivity contribution in [1.29, 1.82) is 0 Å². The first-order chi connectivity index (χ1) is 8.00. The van der Waals surface area contributed by atoms with Crippen molar-refractivity contribution in [3.8, 4) is 0 Å². The molecule has 0 nitrogen and oxygen atoms in total. The first-order valence-corrected chi connectivity index (χ1v) is 6.62. The summed E-state index contributed by atoms with van der Waals surface area (Å²) in [4.78, 5) is 0.220. The molecule has 0 spiro atoms. The standard InChI is InChI=1S/C12H8BrF3S/c1-6-2-3-17-12(6)11(13)10-8(15)4-7(14)5-9(10)16/h2-5,11H,1H3. The largest absolute Gasteiger partial charge is 0.207 e. The molecule has 0 aliphatic heterocycles. The van der Waals surface area contributed by atoms with Gasteiger partial charge in [-0.2, -0.15) is 0 Å². The molecule has 0 saturated carbocycles. The third-order valence-corrected chi connectivity index (χ3v) is 4.73. The molecule has 2 rings (SSSR count). The van der Waals surface area contributed by atoms with E-state index in [1.807, 2.05) is 18.4 Å². The molecular weight excluding hydrogens is 313 g/mol. The molecule has 0 N–H and O–H groups in total. The molecule has 5 heteroatoms. The van der Waals surface area contributed by atoms with Crippen LogP contribution in [0.5, 0.6) is 0 Å². The molecule has 1 aromatic heterocycles. The van der Waals surface area contributed by atoms with Crippen molar-refractivity contribution < 1.29 is 13.2 Å². The van der Waals surface area contributed by atoms with Gasteiger partial charge in [-0.25, -0.2) is 13.2 Å². The third kappa shape index (κ3) is 2.40. The lowest BCUT2D eigenvalue weighted by Crippen LogP contribution is -2.01. The molecule has 1 heterocycles. The highest BCUT2D eigenvalue weighted by Gasteiger charge is 2.22. The third-order valence-electron chi connectivity index (χ3n) is 2.43. The highest BCUT2D eigenvalue weighted by Crippen LogP contribution is 2.38. The van der Waals surface area contributed by atoms with Gasteiger partial charge in [0.15, 0.2) is 0 Å². The van der Waals surface area contributed by atoms with Crippen LogP contribution in [0.4, 0.5) is 13.2 Å². The summed E-state index contributed by atoms with van der Waals surface area (Å²) in [6.45, 7) is 1.86. The molecule has 0 saturated heterocycles. The Balaban J connectivity index is 2.51. The molecular formula is C12H8BrF3S. The van der Waals surface area contributed by atoms with Crippen LogP contribution in [-0.4, -0.2) is 0 Å². The van der Waals surface area contributed by atoms with Gasteiger partial charge in [0.05, 0.1) is 4.83 Å². The van der Waals surface area contributed by atoms with Gasteiger partial charge in [-0.15, -0.1) is 11.3 Å². The Labute approximate surface area is 109 Å². The normalized spacial score (nSPS) is 12.8. The molecule has 0 radical (unpaired) electrons. The van der Waals surface area contributed by atoms with Crippen LogP contribution < -0.4 is 0 Å². The van der Waals surface area contributed by atoms with E-state index in [4.69, 9.17) is 0 Å². The fraction of sp³-hybridized carbons (Fsp3) is 0.167. The zero-order valence-corrected chi connectivity index (χ0v) is 11.2. The first-order valence-electron chi connectivity index (χ1n) is 4.83. The average molecular weight is 321 g/mol. The van der Waals surface area contributed by atoms with E-state index in [0.29, 0.717) is 12.1 Å². The summed E-state index contributed by atoms with van der Waals surface area (Å²) in [5.41, 5.74) is 0.789. The quantitative estimate of drug-likeness (QED) is 0.686. The maximum Gasteiger partial charge on any atom is 0.133 e. The molecule has 1 unspecified atom stereocenters. The molecule has 1 atom stereocenters. The summed E-state index contributed by atoms with van der Waals surface area (Å²) < 4.78 is 40.0. The monoisotopic (exact) mass is 320 g/mol. The van der Waals surface area contributed by atoms with Crippen molar-refractivity contribution in [1.82, 2.24) is 0 Å². The molecule has 17 heavy (non-hydrogen) atoms. The summed E-state index contributed by atoms with van der Waals surface area (Å²) in [7, 11) is 0. The predicted molar refractivity (Wildman–Crippen MR) is 66.1 cm³/mol. The van der Waals surface area contributed by atoms with E-state index in [9.17, 15) is 13.2 Å². The van der Waals surface area contributed by atoms with E-state index in [2.05, 4.69) is 15.9 Å². The van der Waals surface area contributed by atoms with Crippen molar-refractivity contribution in [2.24, 2.45) is 0 Å². The maximum absolute atomic E-state index is 13.6. The van der Waals surface area contributed by atoms with Gasteiger partial charge >= 0.3 is 0 Å². The van der Waals surface area contributed by atoms with E-state index in [-0.39, 0.29) is 5.56 Å². The SMILES string of the molecule is Cc1ccsc1C(Br)c1c(F)cc(F)cc1F. The minimum Gasteiger partial charge on any atom is -0.207 e. The van der Waals surface area contributed by atoms with Crippen LogP contribution in [0, 0.1) is 24.4 Å². The average Bonchev–Trinajstić information content (AvgIpc) is 2.62. The number of hydrogen-bond acceptors (Lipinski definition) is 1. The van der Waals surface area contributed by atoms with Crippen LogP contribution in [0.2, 0.25) is 0 Å². The minimum atomic E-state index is -0.911. The second-order valence-corrected chi connectivity index (χ2v) is 5.48. The van der Waals surface area contributed by atoms with Gasteiger partial charge in [0.1, 0.15) is 17.5 Å². The molecule has 0 aliphatic carbocycles. The Morgan fingerprint density at radius 3 is 2.24 bits per heavy atom. The van der Waals surface area contributed by atoms with Crippen LogP contribution in [0.3, 0.4) is 0 Å². The second-order valence-electron chi connectivity index (χ2n) is 3.61. The van der Waals surface area contributed by atoms with E-state index < -0.39 is 22.3 Å². The lowest BCUT2D eigenvalue weighted by atomic mass is 10.1. The summed E-state index contributed by atoms with van der Waals surface area (Å²) in [5.74, 6) is -2.67. The highest BCUT2D eigenvalue weighted by atomic mass is 79.9. The highest BCUT2D eigenvalue weighted by molar-refractivity contribution is 9.09. The Morgan fingerprint density at radius 1 is 1.18 bits per heavy atom. The molecule has 90 valence electrons. The molecule has 0 bridgehead atoms. The number of benzene rings is 1. The van der Waals surface area contributed by atoms with Crippen LogP contribution >= 0.6 is 27.3 Å². The summed E-state index contributed by atoms with van der Waals surface area (Å²) in [6.07, 6.45) is 0. The van der Waals surface area contributed by atoms with Crippen LogP contribution in [0.1, 0.15) is 20.8 Å². The fourth-order valence-electron chi connectivity index (χ4n) is 1.57. The Bertz CT molecular complexity index is 527. The number of thiophene rings is 1. The van der Waals surface area contributed by atoms with E-state index in [1.165, 1.54) is 11.3 Å². The van der Waals surface area contributed by atoms with Crippen molar-refractivity contribution in [3.05, 3.63) is 57.0 Å². The van der Waals surface area contributed by atoms with Crippen LogP contribution in [-0.2, 0) is 0 Å². The Kier molecular flexibility index (Phi) is 3.58. The molecule has 0 amide bonds. The van der Waals surface area contributed by atoms with E-state index >= 15 is 0 Å². The summed E-state index contributed by atoms with van der Waals surface area (Å²) in [6, 6.07) is 3.25. The number of hydrogen-bond donors (Lipinski definition) is 0. The topological polar surface area (TPSA) is 0 Å². The van der Waals surface area contributed by atoms with Crippen molar-refractivity contribution >= 4 is 27.3 Å². The van der Waals surface area contributed by atoms with Crippen LogP contribution in [0.25, 0.3) is 0 Å². The smallest absolute Gasteiger partial charge is 0.133 e. The van der Waals surface area contributed by atoms with Gasteiger partial charge in [0.25, 0.3) is 0 Å². The summed E-state index contributed by atoms with van der Waals surface area (Å²) >= 11 is 4.66. The van der Waals surface area contributed by atoms with Gasteiger partial charge in [0.2, 0.25) is 0 Å². The van der Waals surface area contributed by atoms with Crippen molar-refractivity contribution in [2.75, 3.05) is 0 Å². The number of rotatable bonds is 2. The second kappa shape index (κ2) is 4.82. The molecule has 0 aliphatic rings. The number of aryl methyl sites for hydroxylation is 1. The van der Waals surface area contributed by atoms with Crippen LogP contribution in [0.15, 0.2) is 23.6 Å². The van der Waals surface area contributed by atoms with Gasteiger partial charge < -0.3 is 0 Å².